The summed E-state index contributed by atoms with van der Waals surface area (Å²) >= 11 is 0. The molecular formula is C23H20FN3O2. The topological polar surface area (TPSA) is 63.5 Å². The van der Waals surface area contributed by atoms with Gasteiger partial charge in [-0.2, -0.15) is 0 Å². The number of carbonyl (C=O) groups excluding carboxylic acids is 2. The van der Waals surface area contributed by atoms with Crippen LogP contribution in [0.2, 0.25) is 0 Å². The number of aromatic nitrogens is 1. The minimum Gasteiger partial charge on any atom is -0.352 e. The first-order valence-corrected chi connectivity index (χ1v) is 9.43. The van der Waals surface area contributed by atoms with E-state index in [1.54, 1.807) is 16.9 Å². The Bertz CT molecular complexity index is 1130. The summed E-state index contributed by atoms with van der Waals surface area (Å²) in [5.41, 5.74) is 2.63. The van der Waals surface area contributed by atoms with Crippen LogP contribution in [-0.4, -0.2) is 35.7 Å². The number of nitrogens with zero attached hydrogens (tertiary/aromatic N) is 2. The molecule has 2 heterocycles. The van der Waals surface area contributed by atoms with Gasteiger partial charge in [-0.15, -0.1) is 6.58 Å². The minimum absolute atomic E-state index is 0.243. The van der Waals surface area contributed by atoms with Gasteiger partial charge in [0.25, 0.3) is 5.91 Å². The van der Waals surface area contributed by atoms with Crippen molar-refractivity contribution in [2.45, 2.75) is 12.3 Å². The standard InChI is InChI=1S/C23H20FN3O2/c1-2-12-26-22(28)19-14-25-13-11-18-17-5-3-4-6-20(17)27(21(18)19)23(29)15-7-9-16(24)10-8-15/h2-10,14,19H,1,11-13H2,(H,26,28). The Morgan fingerprint density at radius 1 is 1.21 bits per heavy atom. The third-order valence-electron chi connectivity index (χ3n) is 5.06. The SMILES string of the molecule is C=CCNC(=O)C1C=NCCc2c1n(C(=O)c1ccc(F)cc1)c1ccccc21. The Morgan fingerprint density at radius 2 is 1.97 bits per heavy atom. The molecule has 0 spiro atoms. The molecule has 146 valence electrons. The summed E-state index contributed by atoms with van der Waals surface area (Å²) in [6.07, 6.45) is 3.84. The van der Waals surface area contributed by atoms with Crippen molar-refractivity contribution >= 4 is 28.9 Å². The fraction of sp³-hybridized carbons (Fsp3) is 0.174. The van der Waals surface area contributed by atoms with E-state index in [-0.39, 0.29) is 11.8 Å². The largest absolute Gasteiger partial charge is 0.352 e. The fourth-order valence-corrected chi connectivity index (χ4v) is 3.76. The zero-order chi connectivity index (χ0) is 20.4. The van der Waals surface area contributed by atoms with Gasteiger partial charge in [-0.05, 0) is 42.3 Å². The smallest absolute Gasteiger partial charge is 0.262 e. The van der Waals surface area contributed by atoms with Crippen LogP contribution in [0.4, 0.5) is 4.39 Å². The van der Waals surface area contributed by atoms with E-state index in [9.17, 15) is 14.0 Å². The van der Waals surface area contributed by atoms with Gasteiger partial charge in [0, 0.05) is 35.9 Å². The van der Waals surface area contributed by atoms with E-state index in [2.05, 4.69) is 16.9 Å². The van der Waals surface area contributed by atoms with Crippen molar-refractivity contribution in [2.75, 3.05) is 13.1 Å². The molecule has 0 fully saturated rings. The highest BCUT2D eigenvalue weighted by atomic mass is 19.1. The molecule has 0 aliphatic carbocycles. The lowest BCUT2D eigenvalue weighted by atomic mass is 9.99. The highest BCUT2D eigenvalue weighted by Gasteiger charge is 2.31. The van der Waals surface area contributed by atoms with Gasteiger partial charge in [-0.3, -0.25) is 19.1 Å². The van der Waals surface area contributed by atoms with Crippen LogP contribution < -0.4 is 5.32 Å². The van der Waals surface area contributed by atoms with Crippen LogP contribution in [0.15, 0.2) is 66.2 Å². The second kappa shape index (κ2) is 7.83. The number of benzene rings is 2. The van der Waals surface area contributed by atoms with Crippen molar-refractivity contribution < 1.29 is 14.0 Å². The van der Waals surface area contributed by atoms with Crippen LogP contribution in [-0.2, 0) is 11.2 Å². The average molecular weight is 389 g/mol. The quantitative estimate of drug-likeness (QED) is 0.695. The van der Waals surface area contributed by atoms with E-state index >= 15 is 0 Å². The maximum atomic E-state index is 13.4. The van der Waals surface area contributed by atoms with Crippen molar-refractivity contribution in [3.8, 4) is 0 Å². The van der Waals surface area contributed by atoms with Gasteiger partial charge < -0.3 is 5.32 Å². The molecule has 0 bridgehead atoms. The van der Waals surface area contributed by atoms with Crippen molar-refractivity contribution in [1.29, 1.82) is 0 Å². The van der Waals surface area contributed by atoms with Crippen LogP contribution >= 0.6 is 0 Å². The van der Waals surface area contributed by atoms with Gasteiger partial charge in [0.1, 0.15) is 11.7 Å². The zero-order valence-electron chi connectivity index (χ0n) is 15.8. The molecule has 1 amide bonds. The number of aliphatic imine (C=N–C) groups is 1. The first-order valence-electron chi connectivity index (χ1n) is 9.43. The molecule has 0 saturated heterocycles. The molecule has 1 unspecified atom stereocenters. The van der Waals surface area contributed by atoms with Crippen LogP contribution in [0.25, 0.3) is 10.9 Å². The van der Waals surface area contributed by atoms with Crippen molar-refractivity contribution in [1.82, 2.24) is 9.88 Å². The highest BCUT2D eigenvalue weighted by Crippen LogP contribution is 2.33. The molecule has 0 saturated carbocycles. The number of amides is 1. The molecule has 6 heteroatoms. The molecular weight excluding hydrogens is 369 g/mol. The maximum absolute atomic E-state index is 13.4. The molecule has 2 aromatic carbocycles. The third-order valence-corrected chi connectivity index (χ3v) is 5.06. The first-order chi connectivity index (χ1) is 14.1. The second-order valence-corrected chi connectivity index (χ2v) is 6.85. The lowest BCUT2D eigenvalue weighted by Gasteiger charge is -2.16. The minimum atomic E-state index is -0.704. The summed E-state index contributed by atoms with van der Waals surface area (Å²) in [5.74, 6) is -1.66. The Labute approximate surface area is 167 Å². The number of nitrogens with one attached hydrogen (secondary N) is 1. The van der Waals surface area contributed by atoms with E-state index in [1.165, 1.54) is 24.3 Å². The Kier molecular flexibility index (Phi) is 5.08. The molecule has 3 aromatic rings. The van der Waals surface area contributed by atoms with Gasteiger partial charge in [0.05, 0.1) is 5.52 Å². The number of halogens is 1. The number of para-hydroxylation sites is 1. The number of fused-ring (bicyclic) bond motifs is 3. The van der Waals surface area contributed by atoms with Crippen LogP contribution in [0.5, 0.6) is 0 Å². The second-order valence-electron chi connectivity index (χ2n) is 6.85. The first kappa shape index (κ1) is 18.8. The summed E-state index contributed by atoms with van der Waals surface area (Å²) < 4.78 is 14.9. The predicted octanol–water partition coefficient (Wildman–Crippen LogP) is 3.48. The zero-order valence-corrected chi connectivity index (χ0v) is 15.8. The number of carbonyl (C=O) groups is 2. The number of hydrogen-bond acceptors (Lipinski definition) is 3. The molecule has 1 aliphatic heterocycles. The van der Waals surface area contributed by atoms with E-state index in [4.69, 9.17) is 0 Å². The van der Waals surface area contributed by atoms with E-state index < -0.39 is 11.7 Å². The molecule has 1 N–H and O–H groups in total. The third kappa shape index (κ3) is 3.38. The monoisotopic (exact) mass is 389 g/mol. The summed E-state index contributed by atoms with van der Waals surface area (Å²) in [5, 5.41) is 3.73. The lowest BCUT2D eigenvalue weighted by molar-refractivity contribution is -0.120. The van der Waals surface area contributed by atoms with Crippen LogP contribution in [0, 0.1) is 5.82 Å². The molecule has 4 rings (SSSR count). The predicted molar refractivity (Wildman–Crippen MR) is 111 cm³/mol. The number of hydrogen-bond donors (Lipinski definition) is 1. The molecule has 0 radical (unpaired) electrons. The molecule has 1 aromatic heterocycles. The summed E-state index contributed by atoms with van der Waals surface area (Å²) in [7, 11) is 0. The van der Waals surface area contributed by atoms with Gasteiger partial charge >= 0.3 is 0 Å². The summed E-state index contributed by atoms with van der Waals surface area (Å²) in [4.78, 5) is 30.7. The van der Waals surface area contributed by atoms with Gasteiger partial charge in [0.2, 0.25) is 5.91 Å². The Hall–Kier alpha value is -3.54. The van der Waals surface area contributed by atoms with Crippen LogP contribution in [0.3, 0.4) is 0 Å². The normalized spacial score (nSPS) is 15.6. The van der Waals surface area contributed by atoms with E-state index in [0.29, 0.717) is 30.8 Å². The summed E-state index contributed by atoms with van der Waals surface area (Å²) in [6.45, 7) is 4.49. The average Bonchev–Trinajstić information content (AvgIpc) is 2.90. The molecule has 29 heavy (non-hydrogen) atoms. The molecule has 1 aliphatic rings. The van der Waals surface area contributed by atoms with Gasteiger partial charge in [-0.1, -0.05) is 24.3 Å². The maximum Gasteiger partial charge on any atom is 0.262 e. The fourth-order valence-electron chi connectivity index (χ4n) is 3.76. The van der Waals surface area contributed by atoms with Gasteiger partial charge in [0.15, 0.2) is 0 Å². The summed E-state index contributed by atoms with van der Waals surface area (Å²) in [6, 6.07) is 13.0. The molecule has 1 atom stereocenters. The highest BCUT2D eigenvalue weighted by molar-refractivity contribution is 6.08. The van der Waals surface area contributed by atoms with Crippen LogP contribution in [0.1, 0.15) is 27.5 Å². The molecule has 5 nitrogen and oxygen atoms in total. The Morgan fingerprint density at radius 3 is 2.72 bits per heavy atom. The van der Waals surface area contributed by atoms with Crippen molar-refractivity contribution in [2.24, 2.45) is 4.99 Å². The van der Waals surface area contributed by atoms with Crippen molar-refractivity contribution in [3.05, 3.63) is 83.8 Å². The lowest BCUT2D eigenvalue weighted by Crippen LogP contribution is -2.32. The van der Waals surface area contributed by atoms with E-state index in [0.717, 1.165) is 16.5 Å². The number of rotatable bonds is 4. The Balaban J connectivity index is 1.94. The van der Waals surface area contributed by atoms with Gasteiger partial charge in [-0.25, -0.2) is 4.39 Å². The van der Waals surface area contributed by atoms with E-state index in [1.807, 2.05) is 24.3 Å². The van der Waals surface area contributed by atoms with Crippen molar-refractivity contribution in [3.63, 3.8) is 0 Å².